The van der Waals surface area contributed by atoms with Crippen molar-refractivity contribution < 1.29 is 27.9 Å². The predicted molar refractivity (Wildman–Crippen MR) is 84.4 cm³/mol. The van der Waals surface area contributed by atoms with E-state index in [4.69, 9.17) is 0 Å². The quantitative estimate of drug-likeness (QED) is 0.866. The molecule has 2 amide bonds. The van der Waals surface area contributed by atoms with E-state index in [1.165, 1.54) is 11.8 Å². The molecular weight excluding hydrogens is 337 g/mol. The first-order chi connectivity index (χ1) is 11.7. The molecule has 2 N–H and O–H groups in total. The fourth-order valence-corrected chi connectivity index (χ4v) is 2.82. The number of alkyl halides is 3. The van der Waals surface area contributed by atoms with Gasteiger partial charge in [0.05, 0.1) is 5.56 Å². The Bertz CT molecular complexity index is 609. The summed E-state index contributed by atoms with van der Waals surface area (Å²) in [4.78, 5) is 24.8. The van der Waals surface area contributed by atoms with Gasteiger partial charge in [-0.05, 0) is 36.5 Å². The largest absolute Gasteiger partial charge is 0.416 e. The highest BCUT2D eigenvalue weighted by Gasteiger charge is 2.31. The van der Waals surface area contributed by atoms with Gasteiger partial charge in [0.2, 0.25) is 5.91 Å². The van der Waals surface area contributed by atoms with Crippen molar-refractivity contribution in [1.82, 2.24) is 10.2 Å². The zero-order valence-corrected chi connectivity index (χ0v) is 13.8. The Balaban J connectivity index is 1.91. The van der Waals surface area contributed by atoms with Crippen LogP contribution >= 0.6 is 0 Å². The van der Waals surface area contributed by atoms with E-state index in [0.29, 0.717) is 32.5 Å². The molecule has 1 atom stereocenters. The molecule has 1 aromatic carbocycles. The number of likely N-dealkylation sites (tertiary alicyclic amines) is 1. The number of halogens is 3. The van der Waals surface area contributed by atoms with E-state index < -0.39 is 23.8 Å². The molecule has 2 rings (SSSR count). The number of aliphatic hydroxyl groups is 1. The van der Waals surface area contributed by atoms with Gasteiger partial charge >= 0.3 is 6.18 Å². The van der Waals surface area contributed by atoms with Gasteiger partial charge in [-0.15, -0.1) is 0 Å². The molecule has 1 fully saturated rings. The number of nitrogens with one attached hydrogen (secondary N) is 1. The smallest absolute Gasteiger partial charge is 0.378 e. The minimum Gasteiger partial charge on any atom is -0.378 e. The van der Waals surface area contributed by atoms with Crippen molar-refractivity contribution in [1.29, 1.82) is 0 Å². The van der Waals surface area contributed by atoms with Gasteiger partial charge in [0.1, 0.15) is 0 Å². The summed E-state index contributed by atoms with van der Waals surface area (Å²) in [5, 5.41) is 12.9. The van der Waals surface area contributed by atoms with Crippen molar-refractivity contribution in [3.63, 3.8) is 0 Å². The maximum atomic E-state index is 12.6. The van der Waals surface area contributed by atoms with E-state index in [1.54, 1.807) is 0 Å². The molecule has 138 valence electrons. The van der Waals surface area contributed by atoms with Crippen molar-refractivity contribution in [2.75, 3.05) is 19.6 Å². The lowest BCUT2D eigenvalue weighted by atomic mass is 9.96. The molecule has 1 aliphatic heterocycles. The number of benzene rings is 1. The van der Waals surface area contributed by atoms with Crippen LogP contribution in [0.2, 0.25) is 0 Å². The molecule has 8 heteroatoms. The molecule has 0 aromatic heterocycles. The van der Waals surface area contributed by atoms with Gasteiger partial charge in [-0.1, -0.05) is 12.1 Å². The van der Waals surface area contributed by atoms with Gasteiger partial charge in [0, 0.05) is 26.6 Å². The molecule has 0 spiro atoms. The molecule has 0 radical (unpaired) electrons. The van der Waals surface area contributed by atoms with E-state index in [2.05, 4.69) is 5.32 Å². The van der Waals surface area contributed by atoms with Crippen LogP contribution in [-0.2, 0) is 15.8 Å². The number of hydrogen-bond donors (Lipinski definition) is 2. The standard InChI is InChI=1S/C17H21F3N2O3/c1-11(23)21-10-12-6-8-22(9-7-12)16(25)15(24)13-2-4-14(5-3-13)17(18,19)20/h2-5,12,15,24H,6-10H2,1H3,(H,21,23). The van der Waals surface area contributed by atoms with Crippen LogP contribution in [-0.4, -0.2) is 41.5 Å². The lowest BCUT2D eigenvalue weighted by molar-refractivity contribution is -0.142. The maximum Gasteiger partial charge on any atom is 0.416 e. The predicted octanol–water partition coefficient (Wildman–Crippen LogP) is 2.11. The van der Waals surface area contributed by atoms with Gasteiger partial charge in [0.15, 0.2) is 6.10 Å². The third-order valence-electron chi connectivity index (χ3n) is 4.35. The van der Waals surface area contributed by atoms with Crippen LogP contribution in [0.1, 0.15) is 37.0 Å². The average molecular weight is 358 g/mol. The summed E-state index contributed by atoms with van der Waals surface area (Å²) in [5.74, 6) is -0.342. The Morgan fingerprint density at radius 1 is 1.24 bits per heavy atom. The lowest BCUT2D eigenvalue weighted by Gasteiger charge is -2.33. The highest BCUT2D eigenvalue weighted by molar-refractivity contribution is 5.82. The highest BCUT2D eigenvalue weighted by atomic mass is 19.4. The first kappa shape index (κ1) is 19.2. The van der Waals surface area contributed by atoms with Gasteiger partial charge in [-0.3, -0.25) is 9.59 Å². The summed E-state index contributed by atoms with van der Waals surface area (Å²) < 4.78 is 37.7. The number of carbonyl (C=O) groups excluding carboxylic acids is 2. The number of aliphatic hydroxyl groups excluding tert-OH is 1. The van der Waals surface area contributed by atoms with E-state index >= 15 is 0 Å². The number of hydrogen-bond acceptors (Lipinski definition) is 3. The summed E-state index contributed by atoms with van der Waals surface area (Å²) in [6.45, 7) is 2.89. The number of nitrogens with zero attached hydrogens (tertiary/aromatic N) is 1. The van der Waals surface area contributed by atoms with Crippen LogP contribution in [0, 0.1) is 5.92 Å². The molecule has 25 heavy (non-hydrogen) atoms. The molecule has 0 saturated carbocycles. The second-order valence-corrected chi connectivity index (χ2v) is 6.23. The summed E-state index contributed by atoms with van der Waals surface area (Å²) in [7, 11) is 0. The van der Waals surface area contributed by atoms with Gasteiger partial charge in [0.25, 0.3) is 5.91 Å². The molecule has 1 heterocycles. The number of amides is 2. The van der Waals surface area contributed by atoms with Crippen LogP contribution in [0.25, 0.3) is 0 Å². The Morgan fingerprint density at radius 3 is 2.28 bits per heavy atom. The molecule has 1 saturated heterocycles. The molecule has 1 aliphatic rings. The summed E-state index contributed by atoms with van der Waals surface area (Å²) in [6.07, 6.45) is -4.53. The van der Waals surface area contributed by atoms with E-state index in [0.717, 1.165) is 24.3 Å². The van der Waals surface area contributed by atoms with Gasteiger partial charge in [-0.2, -0.15) is 13.2 Å². The normalized spacial score (nSPS) is 17.2. The monoisotopic (exact) mass is 358 g/mol. The zero-order valence-electron chi connectivity index (χ0n) is 13.8. The Kier molecular flexibility index (Phi) is 6.05. The minimum atomic E-state index is -4.46. The average Bonchev–Trinajstić information content (AvgIpc) is 2.58. The second kappa shape index (κ2) is 7.86. The Labute approximate surface area is 143 Å². The fraction of sp³-hybridized carbons (Fsp3) is 0.529. The Hall–Kier alpha value is -2.09. The SMILES string of the molecule is CC(=O)NCC1CCN(C(=O)C(O)c2ccc(C(F)(F)F)cc2)CC1. The second-order valence-electron chi connectivity index (χ2n) is 6.23. The van der Waals surface area contributed by atoms with Crippen LogP contribution in [0.15, 0.2) is 24.3 Å². The fourth-order valence-electron chi connectivity index (χ4n) is 2.82. The minimum absolute atomic E-state index is 0.101. The molecule has 1 unspecified atom stereocenters. The van der Waals surface area contributed by atoms with E-state index in [1.807, 2.05) is 0 Å². The third-order valence-corrected chi connectivity index (χ3v) is 4.35. The van der Waals surface area contributed by atoms with Crippen molar-refractivity contribution >= 4 is 11.8 Å². The molecule has 5 nitrogen and oxygen atoms in total. The van der Waals surface area contributed by atoms with Crippen LogP contribution in [0.5, 0.6) is 0 Å². The first-order valence-corrected chi connectivity index (χ1v) is 8.07. The topological polar surface area (TPSA) is 69.6 Å². The van der Waals surface area contributed by atoms with Gasteiger partial charge in [-0.25, -0.2) is 0 Å². The van der Waals surface area contributed by atoms with Crippen molar-refractivity contribution in [3.8, 4) is 0 Å². The van der Waals surface area contributed by atoms with Gasteiger partial charge < -0.3 is 15.3 Å². The summed E-state index contributed by atoms with van der Waals surface area (Å²) in [6, 6.07) is 3.95. The molecule has 1 aromatic rings. The van der Waals surface area contributed by atoms with E-state index in [9.17, 15) is 27.9 Å². The lowest BCUT2D eigenvalue weighted by Crippen LogP contribution is -2.43. The van der Waals surface area contributed by atoms with Crippen molar-refractivity contribution in [2.45, 2.75) is 32.0 Å². The van der Waals surface area contributed by atoms with Crippen LogP contribution in [0.4, 0.5) is 13.2 Å². The van der Waals surface area contributed by atoms with Crippen LogP contribution < -0.4 is 5.32 Å². The molecule has 0 aliphatic carbocycles. The number of rotatable bonds is 4. The summed E-state index contributed by atoms with van der Waals surface area (Å²) >= 11 is 0. The molecule has 0 bridgehead atoms. The van der Waals surface area contributed by atoms with Crippen molar-refractivity contribution in [2.24, 2.45) is 5.92 Å². The Morgan fingerprint density at radius 2 is 1.80 bits per heavy atom. The third kappa shape index (κ3) is 5.19. The summed E-state index contributed by atoms with van der Waals surface area (Å²) in [5.41, 5.74) is -0.687. The molecular formula is C17H21F3N2O3. The number of carbonyl (C=O) groups is 2. The van der Waals surface area contributed by atoms with Crippen LogP contribution in [0.3, 0.4) is 0 Å². The zero-order chi connectivity index (χ0) is 18.6. The highest BCUT2D eigenvalue weighted by Crippen LogP contribution is 2.30. The van der Waals surface area contributed by atoms with E-state index in [-0.39, 0.29) is 17.4 Å². The van der Waals surface area contributed by atoms with Crippen molar-refractivity contribution in [3.05, 3.63) is 35.4 Å². The first-order valence-electron chi connectivity index (χ1n) is 8.07. The number of piperidine rings is 1. The maximum absolute atomic E-state index is 12.6.